The first kappa shape index (κ1) is 20.3. The number of carbonyl (C=O) groups is 3. The molecule has 8 heteroatoms. The maximum absolute atomic E-state index is 12.2. The van der Waals surface area contributed by atoms with E-state index in [0.29, 0.717) is 24.3 Å². The van der Waals surface area contributed by atoms with Crippen molar-refractivity contribution in [1.82, 2.24) is 4.90 Å². The molecule has 0 aromatic carbocycles. The first-order valence-electron chi connectivity index (χ1n) is 7.25. The highest BCUT2D eigenvalue weighted by Crippen LogP contribution is 2.16. The summed E-state index contributed by atoms with van der Waals surface area (Å²) >= 11 is 0. The predicted octanol–water partition coefficient (Wildman–Crippen LogP) is 0.680. The van der Waals surface area contributed by atoms with Crippen LogP contribution in [0.3, 0.4) is 0 Å². The van der Waals surface area contributed by atoms with Crippen molar-refractivity contribution in [2.45, 2.75) is 64.6 Å². The molecule has 0 bridgehead atoms. The van der Waals surface area contributed by atoms with E-state index in [1.54, 1.807) is 20.8 Å². The summed E-state index contributed by atoms with van der Waals surface area (Å²) in [5.74, 6) is -2.06. The van der Waals surface area contributed by atoms with Crippen LogP contribution in [0.5, 0.6) is 0 Å². The standard InChI is InChI=1S/C14H27N3O5/c1-9(16)11(18)17(13(21)22-14(2,3)4)10(12(19)20)7-5-6-8-15/h9-10H,5-8,15-16H2,1-4H3,(H,19,20)/t9?,10-/m0/s1. The van der Waals surface area contributed by atoms with Gasteiger partial charge in [-0.25, -0.2) is 14.5 Å². The Morgan fingerprint density at radius 1 is 1.23 bits per heavy atom. The van der Waals surface area contributed by atoms with E-state index in [4.69, 9.17) is 16.2 Å². The van der Waals surface area contributed by atoms with Gasteiger partial charge in [0, 0.05) is 0 Å². The maximum atomic E-state index is 12.2. The molecule has 8 nitrogen and oxygen atoms in total. The Morgan fingerprint density at radius 3 is 2.14 bits per heavy atom. The third kappa shape index (κ3) is 6.86. The lowest BCUT2D eigenvalue weighted by Crippen LogP contribution is -2.54. The van der Waals surface area contributed by atoms with Crippen LogP contribution >= 0.6 is 0 Å². The van der Waals surface area contributed by atoms with Crippen molar-refractivity contribution in [1.29, 1.82) is 0 Å². The summed E-state index contributed by atoms with van der Waals surface area (Å²) in [6.45, 7) is 6.68. The van der Waals surface area contributed by atoms with Gasteiger partial charge in [0.05, 0.1) is 6.04 Å². The summed E-state index contributed by atoms with van der Waals surface area (Å²) in [7, 11) is 0. The van der Waals surface area contributed by atoms with Crippen LogP contribution in [0, 0.1) is 0 Å². The normalized spacial score (nSPS) is 14.1. The first-order valence-corrected chi connectivity index (χ1v) is 7.25. The number of imide groups is 1. The van der Waals surface area contributed by atoms with Crippen molar-refractivity contribution < 1.29 is 24.2 Å². The van der Waals surface area contributed by atoms with E-state index in [1.807, 2.05) is 0 Å². The van der Waals surface area contributed by atoms with Gasteiger partial charge in [0.15, 0.2) is 0 Å². The molecule has 0 spiro atoms. The van der Waals surface area contributed by atoms with Crippen LogP contribution in [0.15, 0.2) is 0 Å². The Kier molecular flexibility index (Phi) is 8.04. The second-order valence-electron chi connectivity index (χ2n) is 6.12. The van der Waals surface area contributed by atoms with Gasteiger partial charge in [-0.05, 0) is 53.5 Å². The molecule has 0 radical (unpaired) electrons. The van der Waals surface area contributed by atoms with Crippen molar-refractivity contribution in [3.8, 4) is 0 Å². The van der Waals surface area contributed by atoms with Gasteiger partial charge in [0.25, 0.3) is 0 Å². The van der Waals surface area contributed by atoms with E-state index < -0.39 is 35.7 Å². The van der Waals surface area contributed by atoms with Gasteiger partial charge >= 0.3 is 12.1 Å². The minimum atomic E-state index is -1.32. The highest BCUT2D eigenvalue weighted by Gasteiger charge is 2.38. The van der Waals surface area contributed by atoms with Crippen LogP contribution in [0.2, 0.25) is 0 Å². The molecule has 0 rings (SSSR count). The Balaban J connectivity index is 5.37. The van der Waals surface area contributed by atoms with Crippen LogP contribution in [-0.4, -0.2) is 52.2 Å². The Labute approximate surface area is 130 Å². The number of rotatable bonds is 7. The fourth-order valence-electron chi connectivity index (χ4n) is 1.75. The molecule has 2 amide bonds. The van der Waals surface area contributed by atoms with Gasteiger partial charge in [0.1, 0.15) is 11.6 Å². The molecule has 0 saturated heterocycles. The van der Waals surface area contributed by atoms with Crippen molar-refractivity contribution in [2.75, 3.05) is 6.54 Å². The van der Waals surface area contributed by atoms with Gasteiger partial charge in [-0.3, -0.25) is 4.79 Å². The molecule has 0 aliphatic rings. The van der Waals surface area contributed by atoms with E-state index >= 15 is 0 Å². The fourth-order valence-corrected chi connectivity index (χ4v) is 1.75. The highest BCUT2D eigenvalue weighted by atomic mass is 16.6. The summed E-state index contributed by atoms with van der Waals surface area (Å²) in [6.07, 6.45) is 0.164. The minimum absolute atomic E-state index is 0.101. The monoisotopic (exact) mass is 317 g/mol. The van der Waals surface area contributed by atoms with Crippen molar-refractivity contribution in [3.63, 3.8) is 0 Å². The lowest BCUT2D eigenvalue weighted by Gasteiger charge is -2.31. The number of carbonyl (C=O) groups excluding carboxylic acids is 2. The van der Waals surface area contributed by atoms with Crippen LogP contribution in [0.1, 0.15) is 47.0 Å². The molecule has 0 aromatic rings. The Hall–Kier alpha value is -1.67. The first-order chi connectivity index (χ1) is 10.0. The lowest BCUT2D eigenvalue weighted by atomic mass is 10.1. The number of amides is 2. The highest BCUT2D eigenvalue weighted by molar-refractivity contribution is 5.98. The van der Waals surface area contributed by atoms with E-state index in [9.17, 15) is 19.5 Å². The van der Waals surface area contributed by atoms with Crippen LogP contribution in [0.25, 0.3) is 0 Å². The molecule has 1 unspecified atom stereocenters. The van der Waals surface area contributed by atoms with Crippen LogP contribution in [-0.2, 0) is 14.3 Å². The third-order valence-electron chi connectivity index (χ3n) is 2.75. The average molecular weight is 317 g/mol. The van der Waals surface area contributed by atoms with Gasteiger partial charge < -0.3 is 21.3 Å². The molecule has 0 aliphatic heterocycles. The number of nitrogens with zero attached hydrogens (tertiary/aromatic N) is 1. The molecule has 0 fully saturated rings. The zero-order valence-electron chi connectivity index (χ0n) is 13.7. The number of hydrogen-bond acceptors (Lipinski definition) is 6. The second kappa shape index (κ2) is 8.70. The molecule has 0 heterocycles. The predicted molar refractivity (Wildman–Crippen MR) is 81.1 cm³/mol. The number of ether oxygens (including phenoxy) is 1. The smallest absolute Gasteiger partial charge is 0.417 e. The molecular weight excluding hydrogens is 290 g/mol. The number of nitrogens with two attached hydrogens (primary N) is 2. The number of unbranched alkanes of at least 4 members (excludes halogenated alkanes) is 1. The third-order valence-corrected chi connectivity index (χ3v) is 2.75. The number of carboxylic acids is 1. The molecule has 2 atom stereocenters. The van der Waals surface area contributed by atoms with E-state index in [0.717, 1.165) is 0 Å². The summed E-state index contributed by atoms with van der Waals surface area (Å²) in [6, 6.07) is -2.33. The zero-order chi connectivity index (χ0) is 17.5. The van der Waals surface area contributed by atoms with Gasteiger partial charge in [-0.2, -0.15) is 0 Å². The zero-order valence-corrected chi connectivity index (χ0v) is 13.7. The number of carboxylic acid groups (broad SMARTS) is 1. The Morgan fingerprint density at radius 2 is 1.77 bits per heavy atom. The summed E-state index contributed by atoms with van der Waals surface area (Å²) in [5, 5.41) is 9.35. The molecule has 22 heavy (non-hydrogen) atoms. The van der Waals surface area contributed by atoms with Crippen molar-refractivity contribution >= 4 is 18.0 Å². The second-order valence-corrected chi connectivity index (χ2v) is 6.12. The van der Waals surface area contributed by atoms with Crippen molar-refractivity contribution in [2.24, 2.45) is 11.5 Å². The number of aliphatic carboxylic acids is 1. The van der Waals surface area contributed by atoms with E-state index in [-0.39, 0.29) is 6.42 Å². The van der Waals surface area contributed by atoms with Gasteiger partial charge in [-0.1, -0.05) is 0 Å². The van der Waals surface area contributed by atoms with E-state index in [1.165, 1.54) is 6.92 Å². The van der Waals surface area contributed by atoms with Gasteiger partial charge in [-0.15, -0.1) is 0 Å². The van der Waals surface area contributed by atoms with Crippen LogP contribution in [0.4, 0.5) is 4.79 Å². The molecule has 0 aliphatic carbocycles. The van der Waals surface area contributed by atoms with Gasteiger partial charge in [0.2, 0.25) is 5.91 Å². The average Bonchev–Trinajstić information content (AvgIpc) is 2.34. The van der Waals surface area contributed by atoms with Crippen molar-refractivity contribution in [3.05, 3.63) is 0 Å². The number of hydrogen-bond donors (Lipinski definition) is 3. The molecule has 0 aromatic heterocycles. The summed E-state index contributed by atoms with van der Waals surface area (Å²) in [5.41, 5.74) is 10.0. The van der Waals surface area contributed by atoms with Crippen LogP contribution < -0.4 is 11.5 Å². The Bertz CT molecular complexity index is 404. The molecule has 0 saturated carbocycles. The summed E-state index contributed by atoms with van der Waals surface area (Å²) < 4.78 is 5.13. The molecular formula is C14H27N3O5. The topological polar surface area (TPSA) is 136 Å². The molecule has 5 N–H and O–H groups in total. The molecule has 128 valence electrons. The summed E-state index contributed by atoms with van der Waals surface area (Å²) in [4.78, 5) is 36.4. The largest absolute Gasteiger partial charge is 0.480 e. The lowest BCUT2D eigenvalue weighted by molar-refractivity contribution is -0.150. The quantitative estimate of drug-likeness (QED) is 0.587. The SMILES string of the molecule is CC(N)C(=O)N(C(=O)OC(C)(C)C)[C@@H](CCCCN)C(=O)O. The maximum Gasteiger partial charge on any atom is 0.417 e. The fraction of sp³-hybridized carbons (Fsp3) is 0.786. The minimum Gasteiger partial charge on any atom is -0.480 e. The van der Waals surface area contributed by atoms with E-state index in [2.05, 4.69) is 0 Å².